The van der Waals surface area contributed by atoms with E-state index in [0.29, 0.717) is 12.2 Å². The Morgan fingerprint density at radius 2 is 1.89 bits per heavy atom. The van der Waals surface area contributed by atoms with E-state index in [-0.39, 0.29) is 23.8 Å². The first-order valence-electron chi connectivity index (χ1n) is 13.3. The molecule has 0 saturated carbocycles. The average Bonchev–Trinajstić information content (AvgIpc) is 3.26. The molecule has 0 radical (unpaired) electrons. The molecule has 2 aromatic carbocycles. The van der Waals surface area contributed by atoms with Crippen LogP contribution in [0.2, 0.25) is 0 Å². The molecule has 0 bridgehead atoms. The lowest BCUT2D eigenvalue weighted by Gasteiger charge is -2.27. The first kappa shape index (κ1) is 24.3. The van der Waals surface area contributed by atoms with Crippen molar-refractivity contribution in [3.05, 3.63) is 64.5 Å². The molecule has 5 nitrogen and oxygen atoms in total. The van der Waals surface area contributed by atoms with E-state index in [1.165, 1.54) is 61.5 Å². The number of hydrogen-bond acceptors (Lipinski definition) is 4. The molecule has 0 spiro atoms. The molecule has 2 aliphatic heterocycles. The summed E-state index contributed by atoms with van der Waals surface area (Å²) in [5.41, 5.74) is 4.43. The van der Waals surface area contributed by atoms with Crippen molar-refractivity contribution in [3.63, 3.8) is 0 Å². The van der Waals surface area contributed by atoms with Crippen LogP contribution in [0.3, 0.4) is 0 Å². The molecule has 1 amide bonds. The molecule has 2 aromatic rings. The molecule has 2 saturated heterocycles. The van der Waals surface area contributed by atoms with E-state index in [2.05, 4.69) is 28.4 Å². The normalized spacial score (nSPS) is 22.9. The number of hydrogen-bond donors (Lipinski definition) is 1. The largest absolute Gasteiger partial charge is 0.488 e. The number of ether oxygens (including phenoxy) is 2. The number of nitrogens with one attached hydrogen (secondary N) is 1. The van der Waals surface area contributed by atoms with Gasteiger partial charge in [-0.15, -0.1) is 0 Å². The maximum atomic E-state index is 14.5. The van der Waals surface area contributed by atoms with Gasteiger partial charge in [0.15, 0.2) is 11.6 Å². The van der Waals surface area contributed by atoms with E-state index in [1.807, 2.05) is 0 Å². The Kier molecular flexibility index (Phi) is 7.99. The topological polar surface area (TPSA) is 50.8 Å². The summed E-state index contributed by atoms with van der Waals surface area (Å²) in [6.45, 7) is 4.51. The Hall–Kier alpha value is -2.44. The van der Waals surface area contributed by atoms with Gasteiger partial charge in [0.25, 0.3) is 5.91 Å². The van der Waals surface area contributed by atoms with Crippen LogP contribution in [-0.4, -0.2) is 49.3 Å². The second kappa shape index (κ2) is 11.5. The summed E-state index contributed by atoms with van der Waals surface area (Å²) in [5.74, 6) is -0.581. The Morgan fingerprint density at radius 3 is 2.66 bits per heavy atom. The van der Waals surface area contributed by atoms with Crippen molar-refractivity contribution in [2.45, 2.75) is 76.5 Å². The van der Waals surface area contributed by atoms with Gasteiger partial charge in [-0.05, 0) is 92.9 Å². The van der Waals surface area contributed by atoms with Gasteiger partial charge in [-0.3, -0.25) is 9.69 Å². The number of nitrogens with zero attached hydrogens (tertiary/aromatic N) is 1. The molecule has 2 atom stereocenters. The predicted molar refractivity (Wildman–Crippen MR) is 134 cm³/mol. The second-order valence-corrected chi connectivity index (χ2v) is 10.3. The zero-order valence-corrected chi connectivity index (χ0v) is 20.6. The van der Waals surface area contributed by atoms with Crippen LogP contribution in [0.15, 0.2) is 36.4 Å². The molecule has 0 aromatic heterocycles. The maximum Gasteiger partial charge on any atom is 0.251 e. The zero-order chi connectivity index (χ0) is 24.0. The second-order valence-electron chi connectivity index (χ2n) is 10.3. The highest BCUT2D eigenvalue weighted by molar-refractivity contribution is 5.94. The van der Waals surface area contributed by atoms with Crippen molar-refractivity contribution in [1.29, 1.82) is 0 Å². The van der Waals surface area contributed by atoms with Crippen molar-refractivity contribution in [2.75, 3.05) is 26.3 Å². The number of benzene rings is 2. The summed E-state index contributed by atoms with van der Waals surface area (Å²) < 4.78 is 25.6. The van der Waals surface area contributed by atoms with Gasteiger partial charge < -0.3 is 14.8 Å². The van der Waals surface area contributed by atoms with E-state index in [9.17, 15) is 9.18 Å². The highest BCUT2D eigenvalue weighted by atomic mass is 19.1. The first-order chi connectivity index (χ1) is 17.1. The maximum absolute atomic E-state index is 14.5. The summed E-state index contributed by atoms with van der Waals surface area (Å²) >= 11 is 0. The number of fused-ring (bicyclic) bond motifs is 1. The quantitative estimate of drug-likeness (QED) is 0.603. The van der Waals surface area contributed by atoms with Gasteiger partial charge in [0.2, 0.25) is 0 Å². The van der Waals surface area contributed by atoms with E-state index >= 15 is 0 Å². The van der Waals surface area contributed by atoms with Crippen LogP contribution in [0.5, 0.6) is 5.75 Å². The fourth-order valence-corrected chi connectivity index (χ4v) is 5.57. The minimum absolute atomic E-state index is 0.0250. The standard InChI is InChI=1S/C29H37FN2O3/c30-27-18-24(10-12-28(27)35-20-26-6-5-15-34-26)29(33)31-25-11-9-22-16-21(7-8-23(22)17-25)19-32-13-3-1-2-4-14-32/h7-8,10,12,16,18,25-26H,1-6,9,11,13-15,17,19-20H2,(H,31,33)/t25-,26-/m0/s1. The Balaban J connectivity index is 1.14. The minimum atomic E-state index is -0.512. The number of amides is 1. The van der Waals surface area contributed by atoms with E-state index in [4.69, 9.17) is 9.47 Å². The number of likely N-dealkylation sites (tertiary alicyclic amines) is 1. The molecule has 35 heavy (non-hydrogen) atoms. The van der Waals surface area contributed by atoms with Gasteiger partial charge in [-0.25, -0.2) is 4.39 Å². The molecule has 2 heterocycles. The summed E-state index contributed by atoms with van der Waals surface area (Å²) in [4.78, 5) is 15.4. The van der Waals surface area contributed by atoms with Crippen molar-refractivity contribution in [1.82, 2.24) is 10.2 Å². The molecule has 6 heteroatoms. The van der Waals surface area contributed by atoms with Gasteiger partial charge in [0.05, 0.1) is 6.10 Å². The third-order valence-electron chi connectivity index (χ3n) is 7.58. The number of rotatable bonds is 7. The van der Waals surface area contributed by atoms with Gasteiger partial charge in [0.1, 0.15) is 6.61 Å². The lowest BCUT2D eigenvalue weighted by Crippen LogP contribution is -2.39. The Labute approximate surface area is 208 Å². The van der Waals surface area contributed by atoms with E-state index in [0.717, 1.165) is 45.3 Å². The van der Waals surface area contributed by atoms with Crippen LogP contribution < -0.4 is 10.1 Å². The van der Waals surface area contributed by atoms with Crippen molar-refractivity contribution >= 4 is 5.91 Å². The summed E-state index contributed by atoms with van der Waals surface area (Å²) in [5, 5.41) is 3.11. The number of carbonyl (C=O) groups excluding carboxylic acids is 1. The smallest absolute Gasteiger partial charge is 0.251 e. The van der Waals surface area contributed by atoms with Crippen molar-refractivity contribution in [2.24, 2.45) is 0 Å². The van der Waals surface area contributed by atoms with Crippen LogP contribution in [0.25, 0.3) is 0 Å². The summed E-state index contributed by atoms with van der Waals surface area (Å²) in [6, 6.07) is 11.4. The fourth-order valence-electron chi connectivity index (χ4n) is 5.57. The monoisotopic (exact) mass is 480 g/mol. The van der Waals surface area contributed by atoms with Gasteiger partial charge in [0, 0.05) is 24.8 Å². The van der Waals surface area contributed by atoms with Gasteiger partial charge in [-0.2, -0.15) is 0 Å². The predicted octanol–water partition coefficient (Wildman–Crippen LogP) is 5.05. The molecular weight excluding hydrogens is 443 g/mol. The Morgan fingerprint density at radius 1 is 1.03 bits per heavy atom. The minimum Gasteiger partial charge on any atom is -0.488 e. The Bertz CT molecular complexity index is 1010. The van der Waals surface area contributed by atoms with Crippen LogP contribution in [0.4, 0.5) is 4.39 Å². The highest BCUT2D eigenvalue weighted by Crippen LogP contribution is 2.25. The number of aryl methyl sites for hydroxylation is 1. The third kappa shape index (κ3) is 6.42. The summed E-state index contributed by atoms with van der Waals surface area (Å²) in [7, 11) is 0. The van der Waals surface area contributed by atoms with Gasteiger partial charge >= 0.3 is 0 Å². The zero-order valence-electron chi connectivity index (χ0n) is 20.6. The lowest BCUT2D eigenvalue weighted by molar-refractivity contribution is 0.0665. The molecule has 1 aliphatic carbocycles. The van der Waals surface area contributed by atoms with Crippen LogP contribution in [-0.2, 0) is 24.1 Å². The third-order valence-corrected chi connectivity index (χ3v) is 7.58. The molecule has 1 N–H and O–H groups in total. The lowest BCUT2D eigenvalue weighted by atomic mass is 9.87. The van der Waals surface area contributed by atoms with E-state index < -0.39 is 5.82 Å². The first-order valence-corrected chi connectivity index (χ1v) is 13.3. The number of halogens is 1. The number of carbonyl (C=O) groups is 1. The van der Waals surface area contributed by atoms with Crippen molar-refractivity contribution in [3.8, 4) is 5.75 Å². The average molecular weight is 481 g/mol. The van der Waals surface area contributed by atoms with Crippen molar-refractivity contribution < 1.29 is 18.7 Å². The molecule has 5 rings (SSSR count). The van der Waals surface area contributed by atoms with Crippen LogP contribution in [0.1, 0.15) is 72.0 Å². The SMILES string of the molecule is O=C(N[C@H]1CCc2cc(CN3CCCCCC3)ccc2C1)c1ccc(OC[C@@H]2CCCO2)c(F)c1. The molecule has 0 unspecified atom stereocenters. The molecule has 188 valence electrons. The fraction of sp³-hybridized carbons (Fsp3) is 0.552. The van der Waals surface area contributed by atoms with E-state index in [1.54, 1.807) is 12.1 Å². The van der Waals surface area contributed by atoms with Gasteiger partial charge in [-0.1, -0.05) is 31.0 Å². The molecule has 2 fully saturated rings. The summed E-state index contributed by atoms with van der Waals surface area (Å²) in [6.07, 6.45) is 9.97. The highest BCUT2D eigenvalue weighted by Gasteiger charge is 2.23. The van der Waals surface area contributed by atoms with Crippen LogP contribution in [0, 0.1) is 5.82 Å². The van der Waals surface area contributed by atoms with Crippen LogP contribution >= 0.6 is 0 Å². The molecule has 3 aliphatic rings. The molecular formula is C29H37FN2O3.